The quantitative estimate of drug-likeness (QED) is 0.655. The van der Waals surface area contributed by atoms with Gasteiger partial charge < -0.3 is 10.2 Å². The third-order valence-electron chi connectivity index (χ3n) is 4.17. The van der Waals surface area contributed by atoms with Crippen molar-refractivity contribution < 1.29 is 0 Å². The summed E-state index contributed by atoms with van der Waals surface area (Å²) < 4.78 is 0. The molecule has 0 spiro atoms. The van der Waals surface area contributed by atoms with Crippen molar-refractivity contribution in [2.45, 2.75) is 66.0 Å². The molecule has 0 aliphatic carbocycles. The Morgan fingerprint density at radius 2 is 1.90 bits per heavy atom. The maximum absolute atomic E-state index is 6.52. The number of anilines is 1. The zero-order valence-electron chi connectivity index (χ0n) is 14.2. The van der Waals surface area contributed by atoms with Crippen LogP contribution in [0, 0.1) is 0 Å². The SMILES string of the molecule is CCCCN(c1ccc(C(C)NCC)c(Cl)c1)C(C)CC. The molecule has 0 saturated heterocycles. The Bertz CT molecular complexity index is 420. The predicted octanol–water partition coefficient (Wildman–Crippen LogP) is 5.42. The highest BCUT2D eigenvalue weighted by atomic mass is 35.5. The Labute approximate surface area is 135 Å². The fourth-order valence-corrected chi connectivity index (χ4v) is 2.95. The number of hydrogen-bond acceptors (Lipinski definition) is 2. The second kappa shape index (κ2) is 9.32. The van der Waals surface area contributed by atoms with Crippen LogP contribution in [0.4, 0.5) is 5.69 Å². The Morgan fingerprint density at radius 3 is 2.43 bits per heavy atom. The first kappa shape index (κ1) is 18.3. The van der Waals surface area contributed by atoms with Gasteiger partial charge in [-0.05, 0) is 50.9 Å². The van der Waals surface area contributed by atoms with E-state index in [0.29, 0.717) is 12.1 Å². The van der Waals surface area contributed by atoms with E-state index in [1.54, 1.807) is 0 Å². The first-order chi connectivity index (χ1) is 10.0. The van der Waals surface area contributed by atoms with Crippen LogP contribution in [0.5, 0.6) is 0 Å². The van der Waals surface area contributed by atoms with Crippen molar-refractivity contribution in [3.63, 3.8) is 0 Å². The van der Waals surface area contributed by atoms with Gasteiger partial charge in [0.1, 0.15) is 0 Å². The van der Waals surface area contributed by atoms with Crippen molar-refractivity contribution in [3.05, 3.63) is 28.8 Å². The highest BCUT2D eigenvalue weighted by Gasteiger charge is 2.15. The largest absolute Gasteiger partial charge is 0.369 e. The minimum absolute atomic E-state index is 0.296. The molecule has 0 aliphatic heterocycles. The zero-order valence-corrected chi connectivity index (χ0v) is 15.0. The summed E-state index contributed by atoms with van der Waals surface area (Å²) in [5.41, 5.74) is 2.43. The van der Waals surface area contributed by atoms with Crippen LogP contribution < -0.4 is 10.2 Å². The molecule has 120 valence electrons. The molecular weight excluding hydrogens is 280 g/mol. The second-order valence-corrected chi connectivity index (χ2v) is 6.20. The van der Waals surface area contributed by atoms with E-state index in [9.17, 15) is 0 Å². The third-order valence-corrected chi connectivity index (χ3v) is 4.50. The summed E-state index contributed by atoms with van der Waals surface area (Å²) in [7, 11) is 0. The van der Waals surface area contributed by atoms with Crippen LogP contribution >= 0.6 is 11.6 Å². The van der Waals surface area contributed by atoms with Crippen LogP contribution in [0.15, 0.2) is 18.2 Å². The lowest BCUT2D eigenvalue weighted by Gasteiger charge is -2.31. The van der Waals surface area contributed by atoms with Crippen molar-refractivity contribution in [3.8, 4) is 0 Å². The molecule has 2 unspecified atom stereocenters. The van der Waals surface area contributed by atoms with Gasteiger partial charge in [-0.3, -0.25) is 0 Å². The lowest BCUT2D eigenvalue weighted by Crippen LogP contribution is -2.33. The van der Waals surface area contributed by atoms with Crippen LogP contribution in [0.3, 0.4) is 0 Å². The number of nitrogens with zero attached hydrogens (tertiary/aromatic N) is 1. The smallest absolute Gasteiger partial charge is 0.0474 e. The molecule has 2 atom stereocenters. The number of benzene rings is 1. The van der Waals surface area contributed by atoms with Gasteiger partial charge in [-0.2, -0.15) is 0 Å². The molecule has 1 rings (SSSR count). The maximum Gasteiger partial charge on any atom is 0.0474 e. The number of halogens is 1. The van der Waals surface area contributed by atoms with Gasteiger partial charge in [0, 0.05) is 29.3 Å². The topological polar surface area (TPSA) is 15.3 Å². The predicted molar refractivity (Wildman–Crippen MR) is 95.6 cm³/mol. The minimum Gasteiger partial charge on any atom is -0.369 e. The molecule has 21 heavy (non-hydrogen) atoms. The van der Waals surface area contributed by atoms with Crippen molar-refractivity contribution in [1.82, 2.24) is 5.32 Å². The highest BCUT2D eigenvalue weighted by Crippen LogP contribution is 2.29. The first-order valence-corrected chi connectivity index (χ1v) is 8.72. The van der Waals surface area contributed by atoms with Gasteiger partial charge in [0.2, 0.25) is 0 Å². The molecule has 0 radical (unpaired) electrons. The normalized spacial score (nSPS) is 14.0. The fraction of sp³-hybridized carbons (Fsp3) is 0.667. The van der Waals surface area contributed by atoms with Crippen LogP contribution in [-0.4, -0.2) is 19.1 Å². The molecular formula is C18H31ClN2. The van der Waals surface area contributed by atoms with Crippen molar-refractivity contribution in [1.29, 1.82) is 0 Å². The van der Waals surface area contributed by atoms with E-state index in [4.69, 9.17) is 11.6 Å². The van der Waals surface area contributed by atoms with E-state index in [0.717, 1.165) is 24.5 Å². The average molecular weight is 311 g/mol. The molecule has 3 heteroatoms. The summed E-state index contributed by atoms with van der Waals surface area (Å²) >= 11 is 6.52. The summed E-state index contributed by atoms with van der Waals surface area (Å²) in [5.74, 6) is 0. The second-order valence-electron chi connectivity index (χ2n) is 5.79. The molecule has 0 fully saturated rings. The van der Waals surface area contributed by atoms with E-state index < -0.39 is 0 Å². The summed E-state index contributed by atoms with van der Waals surface area (Å²) in [4.78, 5) is 2.48. The van der Waals surface area contributed by atoms with E-state index in [2.05, 4.69) is 63.0 Å². The molecule has 1 aromatic rings. The molecule has 0 bridgehead atoms. The van der Waals surface area contributed by atoms with Crippen molar-refractivity contribution in [2.75, 3.05) is 18.0 Å². The van der Waals surface area contributed by atoms with Crippen molar-refractivity contribution in [2.24, 2.45) is 0 Å². The first-order valence-electron chi connectivity index (χ1n) is 8.34. The van der Waals surface area contributed by atoms with E-state index in [-0.39, 0.29) is 0 Å². The van der Waals surface area contributed by atoms with Gasteiger partial charge in [0.25, 0.3) is 0 Å². The zero-order chi connectivity index (χ0) is 15.8. The average Bonchev–Trinajstić information content (AvgIpc) is 2.47. The van der Waals surface area contributed by atoms with Gasteiger partial charge >= 0.3 is 0 Å². The van der Waals surface area contributed by atoms with E-state index in [1.165, 1.54) is 24.1 Å². The Balaban J connectivity index is 2.97. The van der Waals surface area contributed by atoms with Crippen molar-refractivity contribution >= 4 is 17.3 Å². The van der Waals surface area contributed by atoms with Gasteiger partial charge in [-0.15, -0.1) is 0 Å². The Hall–Kier alpha value is -0.730. The van der Waals surface area contributed by atoms with Gasteiger partial charge in [0.05, 0.1) is 0 Å². The van der Waals surface area contributed by atoms with E-state index >= 15 is 0 Å². The van der Waals surface area contributed by atoms with Crippen LogP contribution in [0.2, 0.25) is 5.02 Å². The lowest BCUT2D eigenvalue weighted by molar-refractivity contribution is 0.591. The van der Waals surface area contributed by atoms with E-state index in [1.807, 2.05) is 0 Å². The number of hydrogen-bond donors (Lipinski definition) is 1. The molecule has 0 amide bonds. The monoisotopic (exact) mass is 310 g/mol. The summed E-state index contributed by atoms with van der Waals surface area (Å²) in [6.07, 6.45) is 3.59. The molecule has 0 aromatic heterocycles. The molecule has 1 aromatic carbocycles. The molecule has 2 nitrogen and oxygen atoms in total. The number of nitrogens with one attached hydrogen (secondary N) is 1. The summed E-state index contributed by atoms with van der Waals surface area (Å²) in [5, 5.41) is 4.29. The number of rotatable bonds is 9. The highest BCUT2D eigenvalue weighted by molar-refractivity contribution is 6.31. The van der Waals surface area contributed by atoms with Gasteiger partial charge in [-0.1, -0.05) is 44.9 Å². The molecule has 0 heterocycles. The minimum atomic E-state index is 0.296. The van der Waals surface area contributed by atoms with Gasteiger partial charge in [-0.25, -0.2) is 0 Å². The lowest BCUT2D eigenvalue weighted by atomic mass is 10.1. The van der Waals surface area contributed by atoms with Gasteiger partial charge in [0.15, 0.2) is 0 Å². The molecule has 0 aliphatic rings. The Morgan fingerprint density at radius 1 is 1.19 bits per heavy atom. The van der Waals surface area contributed by atoms with Crippen LogP contribution in [0.1, 0.15) is 65.5 Å². The third kappa shape index (κ3) is 5.19. The summed E-state index contributed by atoms with van der Waals surface area (Å²) in [6, 6.07) is 7.37. The fourth-order valence-electron chi connectivity index (χ4n) is 2.61. The summed E-state index contributed by atoms with van der Waals surface area (Å²) in [6.45, 7) is 13.1. The Kier molecular flexibility index (Phi) is 8.13. The maximum atomic E-state index is 6.52. The molecule has 0 saturated carbocycles. The standard InChI is InChI=1S/C18H31ClN2/c1-6-9-12-21(14(4)7-2)16-10-11-17(18(19)13-16)15(5)20-8-3/h10-11,13-15,20H,6-9,12H2,1-5H3. The van der Waals surface area contributed by atoms with Crippen LogP contribution in [-0.2, 0) is 0 Å². The molecule has 1 N–H and O–H groups in total. The number of unbranched alkanes of at least 4 members (excludes halogenated alkanes) is 1. The van der Waals surface area contributed by atoms with Crippen LogP contribution in [0.25, 0.3) is 0 Å².